The fourth-order valence-electron chi connectivity index (χ4n) is 3.33. The maximum atomic E-state index is 2.38. The van der Waals surface area contributed by atoms with Crippen LogP contribution in [0.15, 0.2) is 54.1 Å². The van der Waals surface area contributed by atoms with E-state index in [1.807, 2.05) is 0 Å². The van der Waals surface area contributed by atoms with E-state index in [1.165, 1.54) is 27.8 Å². The largest absolute Gasteiger partial charge is 0.0649 e. The van der Waals surface area contributed by atoms with Gasteiger partial charge in [0.05, 0.1) is 0 Å². The van der Waals surface area contributed by atoms with Crippen molar-refractivity contribution in [3.8, 4) is 11.1 Å². The molecule has 0 radical (unpaired) electrons. The number of rotatable bonds is 2. The summed E-state index contributed by atoms with van der Waals surface area (Å²) in [7, 11) is 0. The van der Waals surface area contributed by atoms with E-state index < -0.39 is 0 Å². The van der Waals surface area contributed by atoms with Gasteiger partial charge in [0.15, 0.2) is 0 Å². The molecule has 1 atom stereocenters. The third-order valence-corrected chi connectivity index (χ3v) is 4.09. The van der Waals surface area contributed by atoms with Crippen LogP contribution in [0.3, 0.4) is 0 Å². The highest BCUT2D eigenvalue weighted by molar-refractivity contribution is 5.81. The Morgan fingerprint density at radius 1 is 0.895 bits per heavy atom. The lowest BCUT2D eigenvalue weighted by Gasteiger charge is -2.19. The van der Waals surface area contributed by atoms with Crippen molar-refractivity contribution in [2.24, 2.45) is 5.92 Å². The summed E-state index contributed by atoms with van der Waals surface area (Å²) in [6.07, 6.45) is 2.38. The third-order valence-electron chi connectivity index (χ3n) is 4.09. The predicted octanol–water partition coefficient (Wildman–Crippen LogP) is 5.51. The minimum atomic E-state index is 0.582. The van der Waals surface area contributed by atoms with Crippen LogP contribution in [0.4, 0.5) is 0 Å². The molecular weight excluding hydrogens is 228 g/mol. The van der Waals surface area contributed by atoms with Crippen LogP contribution in [0, 0.1) is 5.92 Å². The second-order valence-corrected chi connectivity index (χ2v) is 5.78. The Balaban J connectivity index is 2.17. The first kappa shape index (κ1) is 12.2. The summed E-state index contributed by atoms with van der Waals surface area (Å²) in [5.74, 6) is 1.24. The first-order chi connectivity index (χ1) is 9.18. The summed E-state index contributed by atoms with van der Waals surface area (Å²) >= 11 is 0. The van der Waals surface area contributed by atoms with E-state index in [-0.39, 0.29) is 0 Å². The topological polar surface area (TPSA) is 0 Å². The molecule has 0 heteroatoms. The van der Waals surface area contributed by atoms with E-state index in [4.69, 9.17) is 0 Å². The number of hydrogen-bond donors (Lipinski definition) is 0. The van der Waals surface area contributed by atoms with Gasteiger partial charge in [-0.15, -0.1) is 0 Å². The molecule has 0 heterocycles. The summed E-state index contributed by atoms with van der Waals surface area (Å²) in [4.78, 5) is 0. The van der Waals surface area contributed by atoms with Crippen molar-refractivity contribution in [2.45, 2.75) is 26.7 Å². The van der Waals surface area contributed by atoms with Crippen LogP contribution >= 0.6 is 0 Å². The normalized spacial score (nSPS) is 17.5. The molecule has 0 saturated carbocycles. The quantitative estimate of drug-likeness (QED) is 0.657. The van der Waals surface area contributed by atoms with Crippen molar-refractivity contribution in [3.63, 3.8) is 0 Å². The minimum Gasteiger partial charge on any atom is -0.0649 e. The van der Waals surface area contributed by atoms with Crippen molar-refractivity contribution in [1.29, 1.82) is 0 Å². The van der Waals surface area contributed by atoms with Gasteiger partial charge in [0.25, 0.3) is 0 Å². The SMILES string of the molecule is CC1=Cc2c(-c3ccccc3)cccc2C1C(C)C. The van der Waals surface area contributed by atoms with Gasteiger partial charge >= 0.3 is 0 Å². The zero-order chi connectivity index (χ0) is 13.4. The number of fused-ring (bicyclic) bond motifs is 1. The molecule has 0 aromatic heterocycles. The molecule has 0 aliphatic heterocycles. The van der Waals surface area contributed by atoms with Crippen LogP contribution in [0.5, 0.6) is 0 Å². The van der Waals surface area contributed by atoms with Gasteiger partial charge in [-0.3, -0.25) is 0 Å². The van der Waals surface area contributed by atoms with Crippen molar-refractivity contribution in [3.05, 3.63) is 65.2 Å². The molecule has 96 valence electrons. The van der Waals surface area contributed by atoms with Crippen molar-refractivity contribution < 1.29 is 0 Å². The molecule has 0 fully saturated rings. The van der Waals surface area contributed by atoms with Crippen LogP contribution in [-0.4, -0.2) is 0 Å². The summed E-state index contributed by atoms with van der Waals surface area (Å²) in [5.41, 5.74) is 7.08. The molecule has 1 aliphatic rings. The Labute approximate surface area is 115 Å². The highest BCUT2D eigenvalue weighted by atomic mass is 14.3. The molecule has 19 heavy (non-hydrogen) atoms. The Kier molecular flexibility index (Phi) is 3.02. The fraction of sp³-hybridized carbons (Fsp3) is 0.263. The smallest absolute Gasteiger partial charge is 0.00779 e. The Morgan fingerprint density at radius 3 is 2.32 bits per heavy atom. The molecule has 0 amide bonds. The number of hydrogen-bond acceptors (Lipinski definition) is 0. The van der Waals surface area contributed by atoms with Crippen LogP contribution in [0.1, 0.15) is 37.8 Å². The van der Waals surface area contributed by atoms with Gasteiger partial charge in [0, 0.05) is 5.92 Å². The van der Waals surface area contributed by atoms with Crippen LogP contribution in [0.25, 0.3) is 17.2 Å². The molecule has 0 spiro atoms. The van der Waals surface area contributed by atoms with Crippen LogP contribution in [-0.2, 0) is 0 Å². The fourth-order valence-corrected chi connectivity index (χ4v) is 3.33. The summed E-state index contributed by atoms with van der Waals surface area (Å²) < 4.78 is 0. The monoisotopic (exact) mass is 248 g/mol. The van der Waals surface area contributed by atoms with E-state index in [0.717, 1.165) is 0 Å². The van der Waals surface area contributed by atoms with Crippen molar-refractivity contribution >= 4 is 6.08 Å². The summed E-state index contributed by atoms with van der Waals surface area (Å²) in [6.45, 7) is 6.89. The first-order valence-electron chi connectivity index (χ1n) is 7.05. The lowest BCUT2D eigenvalue weighted by molar-refractivity contribution is 0.563. The standard InChI is InChI=1S/C19H20/c1-13(2)19-14(3)12-18-16(10-7-11-17(18)19)15-8-5-4-6-9-15/h4-13,19H,1-3H3. The highest BCUT2D eigenvalue weighted by Crippen LogP contribution is 2.44. The zero-order valence-electron chi connectivity index (χ0n) is 11.9. The van der Waals surface area contributed by atoms with E-state index in [9.17, 15) is 0 Å². The van der Waals surface area contributed by atoms with Gasteiger partial charge in [0.2, 0.25) is 0 Å². The second kappa shape index (κ2) is 4.70. The third kappa shape index (κ3) is 2.02. The number of allylic oxidation sites excluding steroid dienone is 1. The average molecular weight is 248 g/mol. The van der Waals surface area contributed by atoms with Gasteiger partial charge in [0.1, 0.15) is 0 Å². The zero-order valence-corrected chi connectivity index (χ0v) is 11.9. The molecular formula is C19H20. The van der Waals surface area contributed by atoms with E-state index >= 15 is 0 Å². The van der Waals surface area contributed by atoms with Gasteiger partial charge in [-0.05, 0) is 35.1 Å². The predicted molar refractivity (Wildman–Crippen MR) is 83.1 cm³/mol. The minimum absolute atomic E-state index is 0.582. The molecule has 1 unspecified atom stereocenters. The second-order valence-electron chi connectivity index (χ2n) is 5.78. The molecule has 2 aromatic carbocycles. The van der Waals surface area contributed by atoms with Gasteiger partial charge in [-0.25, -0.2) is 0 Å². The van der Waals surface area contributed by atoms with Gasteiger partial charge in [-0.2, -0.15) is 0 Å². The Morgan fingerprint density at radius 2 is 1.63 bits per heavy atom. The summed E-state index contributed by atoms with van der Waals surface area (Å²) in [5, 5.41) is 0. The van der Waals surface area contributed by atoms with E-state index in [1.54, 1.807) is 0 Å². The molecule has 1 aliphatic carbocycles. The van der Waals surface area contributed by atoms with Gasteiger partial charge < -0.3 is 0 Å². The molecule has 0 nitrogen and oxygen atoms in total. The van der Waals surface area contributed by atoms with Crippen molar-refractivity contribution in [2.75, 3.05) is 0 Å². The van der Waals surface area contributed by atoms with E-state index in [0.29, 0.717) is 11.8 Å². The molecule has 2 aromatic rings. The lowest BCUT2D eigenvalue weighted by atomic mass is 9.85. The summed E-state index contributed by atoms with van der Waals surface area (Å²) in [6, 6.07) is 17.4. The highest BCUT2D eigenvalue weighted by Gasteiger charge is 2.26. The number of benzene rings is 2. The average Bonchev–Trinajstić information content (AvgIpc) is 2.75. The van der Waals surface area contributed by atoms with Crippen LogP contribution in [0.2, 0.25) is 0 Å². The lowest BCUT2D eigenvalue weighted by Crippen LogP contribution is -2.05. The van der Waals surface area contributed by atoms with Crippen LogP contribution < -0.4 is 0 Å². The maximum Gasteiger partial charge on any atom is 0.00779 e. The Hall–Kier alpha value is -1.82. The molecule has 0 bridgehead atoms. The molecule has 3 rings (SSSR count). The Bertz CT molecular complexity index is 618. The van der Waals surface area contributed by atoms with E-state index in [2.05, 4.69) is 75.4 Å². The molecule has 0 N–H and O–H groups in total. The van der Waals surface area contributed by atoms with Crippen molar-refractivity contribution in [1.82, 2.24) is 0 Å². The first-order valence-corrected chi connectivity index (χ1v) is 7.05. The van der Waals surface area contributed by atoms with Gasteiger partial charge in [-0.1, -0.05) is 74.0 Å². The molecule has 0 saturated heterocycles. The maximum absolute atomic E-state index is 2.38.